The van der Waals surface area contributed by atoms with Crippen LogP contribution in [0.1, 0.15) is 16.1 Å². The molecule has 0 saturated heterocycles. The van der Waals surface area contributed by atoms with E-state index in [1.165, 1.54) is 6.07 Å². The number of aromatic carboxylic acids is 1. The van der Waals surface area contributed by atoms with E-state index in [1.807, 2.05) is 0 Å². The van der Waals surface area contributed by atoms with E-state index in [0.29, 0.717) is 5.69 Å². The molecular weight excluding hydrogens is 203 g/mol. The molecule has 0 unspecified atom stereocenters. The fraction of sp³-hybridized carbons (Fsp3) is 0.167. The Morgan fingerprint density at radius 2 is 2.17 bits per heavy atom. The molecule has 1 N–H and O–H groups in total. The van der Waals surface area contributed by atoms with Crippen LogP contribution in [0.4, 0.5) is 0 Å². The predicted octanol–water partition coefficient (Wildman–Crippen LogP) is 1.56. The second kappa shape index (κ2) is 4.23. The summed E-state index contributed by atoms with van der Waals surface area (Å²) in [5.41, 5.74) is 0.451. The van der Waals surface area contributed by atoms with Gasteiger partial charge in [0.25, 0.3) is 0 Å². The normalized spacial score (nSPS) is 8.83. The molecule has 0 fully saturated rings. The highest BCUT2D eigenvalue weighted by Gasteiger charge is 2.08. The summed E-state index contributed by atoms with van der Waals surface area (Å²) in [4.78, 5) is 10.4. The fourth-order valence-corrected chi connectivity index (χ4v) is 0.792. The van der Waals surface area contributed by atoms with Gasteiger partial charge in [0.2, 0.25) is 0 Å². The number of hydrogen-bond donors (Lipinski definition) is 1. The maximum atomic E-state index is 10.4. The number of nitrogens with zero attached hydrogens (tertiary/aromatic N) is 2. The highest BCUT2D eigenvalue weighted by molar-refractivity contribution is 6.29. The maximum Gasteiger partial charge on any atom is 0.337 e. The SMILES string of the molecule is Cc1nnc(Cl)cc1C(=O)O.Cl. The molecule has 0 spiro atoms. The van der Waals surface area contributed by atoms with Crippen molar-refractivity contribution in [3.05, 3.63) is 22.5 Å². The van der Waals surface area contributed by atoms with Crippen molar-refractivity contribution in [2.75, 3.05) is 0 Å². The van der Waals surface area contributed by atoms with E-state index in [4.69, 9.17) is 16.7 Å². The summed E-state index contributed by atoms with van der Waals surface area (Å²) in [6, 6.07) is 1.27. The van der Waals surface area contributed by atoms with E-state index in [9.17, 15) is 4.79 Å². The number of carbonyl (C=O) groups is 1. The minimum absolute atomic E-state index is 0. The highest BCUT2D eigenvalue weighted by Crippen LogP contribution is 2.08. The molecule has 1 aromatic heterocycles. The lowest BCUT2D eigenvalue weighted by atomic mass is 10.2. The van der Waals surface area contributed by atoms with Crippen LogP contribution in [0.2, 0.25) is 5.15 Å². The van der Waals surface area contributed by atoms with Crippen LogP contribution >= 0.6 is 24.0 Å². The van der Waals surface area contributed by atoms with Crippen LogP contribution in [-0.2, 0) is 0 Å². The first-order valence-corrected chi connectivity index (χ1v) is 3.22. The summed E-state index contributed by atoms with van der Waals surface area (Å²) in [6.45, 7) is 1.56. The average Bonchev–Trinajstić information content (AvgIpc) is 1.94. The molecule has 66 valence electrons. The number of hydrogen-bond acceptors (Lipinski definition) is 3. The van der Waals surface area contributed by atoms with Gasteiger partial charge in [0.05, 0.1) is 11.3 Å². The number of rotatable bonds is 1. The molecule has 0 saturated carbocycles. The Hall–Kier alpha value is -0.870. The minimum atomic E-state index is -1.04. The standard InChI is InChI=1S/C6H5ClN2O2.ClH/c1-3-4(6(10)11)2-5(7)9-8-3;/h2H,1H3,(H,10,11);1H. The monoisotopic (exact) mass is 208 g/mol. The van der Waals surface area contributed by atoms with Gasteiger partial charge in [0.1, 0.15) is 0 Å². The molecule has 0 amide bonds. The lowest BCUT2D eigenvalue weighted by Gasteiger charge is -1.96. The third-order valence-electron chi connectivity index (χ3n) is 1.18. The topological polar surface area (TPSA) is 63.1 Å². The summed E-state index contributed by atoms with van der Waals surface area (Å²) < 4.78 is 0. The number of aryl methyl sites for hydroxylation is 1. The molecule has 4 nitrogen and oxygen atoms in total. The Bertz CT molecular complexity index is 304. The lowest BCUT2D eigenvalue weighted by Crippen LogP contribution is -2.02. The largest absolute Gasteiger partial charge is 0.478 e. The summed E-state index contributed by atoms with van der Waals surface area (Å²) in [5.74, 6) is -1.04. The van der Waals surface area contributed by atoms with Gasteiger partial charge < -0.3 is 5.11 Å². The van der Waals surface area contributed by atoms with Crippen molar-refractivity contribution in [1.82, 2.24) is 10.2 Å². The van der Waals surface area contributed by atoms with Gasteiger partial charge in [0.15, 0.2) is 5.15 Å². The molecular formula is C6H6Cl2N2O2. The molecule has 0 aromatic carbocycles. The lowest BCUT2D eigenvalue weighted by molar-refractivity contribution is 0.0695. The molecule has 0 radical (unpaired) electrons. The van der Waals surface area contributed by atoms with Crippen LogP contribution in [-0.4, -0.2) is 21.3 Å². The van der Waals surface area contributed by atoms with E-state index in [2.05, 4.69) is 10.2 Å². The van der Waals surface area contributed by atoms with Crippen molar-refractivity contribution >= 4 is 30.0 Å². The zero-order valence-corrected chi connectivity index (χ0v) is 7.69. The van der Waals surface area contributed by atoms with Crippen molar-refractivity contribution in [2.45, 2.75) is 6.92 Å². The van der Waals surface area contributed by atoms with Crippen LogP contribution in [0, 0.1) is 6.92 Å². The van der Waals surface area contributed by atoms with E-state index < -0.39 is 5.97 Å². The molecule has 1 heterocycles. The number of carboxylic acid groups (broad SMARTS) is 1. The van der Waals surface area contributed by atoms with Crippen molar-refractivity contribution in [2.24, 2.45) is 0 Å². The molecule has 6 heteroatoms. The van der Waals surface area contributed by atoms with E-state index in [0.717, 1.165) is 0 Å². The zero-order chi connectivity index (χ0) is 8.43. The Morgan fingerprint density at radius 3 is 2.58 bits per heavy atom. The summed E-state index contributed by atoms with van der Waals surface area (Å²) in [5, 5.41) is 15.7. The summed E-state index contributed by atoms with van der Waals surface area (Å²) in [7, 11) is 0. The van der Waals surface area contributed by atoms with Crippen LogP contribution in [0.15, 0.2) is 6.07 Å². The van der Waals surface area contributed by atoms with Crippen molar-refractivity contribution in [3.8, 4) is 0 Å². The maximum absolute atomic E-state index is 10.4. The molecule has 0 bridgehead atoms. The van der Waals surface area contributed by atoms with Gasteiger partial charge in [-0.2, -0.15) is 5.10 Å². The third-order valence-corrected chi connectivity index (χ3v) is 1.36. The average molecular weight is 209 g/mol. The van der Waals surface area contributed by atoms with Gasteiger partial charge in [0, 0.05) is 0 Å². The van der Waals surface area contributed by atoms with Crippen molar-refractivity contribution in [3.63, 3.8) is 0 Å². The van der Waals surface area contributed by atoms with Crippen molar-refractivity contribution in [1.29, 1.82) is 0 Å². The molecule has 0 atom stereocenters. The quantitative estimate of drug-likeness (QED) is 0.762. The predicted molar refractivity (Wildman–Crippen MR) is 46.0 cm³/mol. The third kappa shape index (κ3) is 2.32. The van der Waals surface area contributed by atoms with Gasteiger partial charge in [-0.05, 0) is 13.0 Å². The molecule has 1 rings (SSSR count). The minimum Gasteiger partial charge on any atom is -0.478 e. The van der Waals surface area contributed by atoms with E-state index in [1.54, 1.807) is 6.92 Å². The van der Waals surface area contributed by atoms with Gasteiger partial charge in [-0.25, -0.2) is 4.79 Å². The Kier molecular flexibility index (Phi) is 3.92. The van der Waals surface area contributed by atoms with Crippen LogP contribution < -0.4 is 0 Å². The van der Waals surface area contributed by atoms with Gasteiger partial charge >= 0.3 is 5.97 Å². The van der Waals surface area contributed by atoms with Crippen LogP contribution in [0.5, 0.6) is 0 Å². The molecule has 0 aliphatic rings. The Balaban J connectivity index is 0.00000121. The summed E-state index contributed by atoms with van der Waals surface area (Å²) in [6.07, 6.45) is 0. The van der Waals surface area contributed by atoms with Crippen molar-refractivity contribution < 1.29 is 9.90 Å². The first-order valence-electron chi connectivity index (χ1n) is 2.84. The molecule has 0 aliphatic heterocycles. The molecule has 12 heavy (non-hydrogen) atoms. The molecule has 0 aliphatic carbocycles. The highest BCUT2D eigenvalue weighted by atomic mass is 35.5. The Labute approximate surface area is 80.0 Å². The zero-order valence-electron chi connectivity index (χ0n) is 6.11. The number of carboxylic acids is 1. The second-order valence-corrected chi connectivity index (χ2v) is 2.36. The summed E-state index contributed by atoms with van der Waals surface area (Å²) >= 11 is 5.42. The number of halogens is 2. The first kappa shape index (κ1) is 11.1. The van der Waals surface area contributed by atoms with Gasteiger partial charge in [-0.1, -0.05) is 11.6 Å². The second-order valence-electron chi connectivity index (χ2n) is 1.97. The van der Waals surface area contributed by atoms with Crippen LogP contribution in [0.25, 0.3) is 0 Å². The van der Waals surface area contributed by atoms with E-state index in [-0.39, 0.29) is 23.1 Å². The number of aromatic nitrogens is 2. The van der Waals surface area contributed by atoms with E-state index >= 15 is 0 Å². The van der Waals surface area contributed by atoms with Gasteiger partial charge in [-0.3, -0.25) is 0 Å². The Morgan fingerprint density at radius 1 is 1.58 bits per heavy atom. The van der Waals surface area contributed by atoms with Gasteiger partial charge in [-0.15, -0.1) is 17.5 Å². The smallest absolute Gasteiger partial charge is 0.337 e. The first-order chi connectivity index (χ1) is 5.11. The van der Waals surface area contributed by atoms with Crippen LogP contribution in [0.3, 0.4) is 0 Å². The molecule has 1 aromatic rings. The fourth-order valence-electron chi connectivity index (χ4n) is 0.646.